The summed E-state index contributed by atoms with van der Waals surface area (Å²) < 4.78 is 47.7. The number of aryl methyl sites for hydroxylation is 2. The van der Waals surface area contributed by atoms with E-state index in [0.29, 0.717) is 11.7 Å². The Kier molecular flexibility index (Phi) is 4.47. The third-order valence-electron chi connectivity index (χ3n) is 4.08. The fourth-order valence-corrected chi connectivity index (χ4v) is 2.81. The van der Waals surface area contributed by atoms with Gasteiger partial charge in [-0.15, -0.1) is 0 Å². The van der Waals surface area contributed by atoms with E-state index in [1.807, 2.05) is 0 Å². The number of anilines is 1. The number of nitrogens with one attached hydrogen (secondary N) is 1. The highest BCUT2D eigenvalue weighted by atomic mass is 19.3. The lowest BCUT2D eigenvalue weighted by Crippen LogP contribution is -2.34. The molecule has 0 aliphatic carbocycles. The Labute approximate surface area is 147 Å². The number of carbonyl (C=O) groups excluding carboxylic acids is 1. The Morgan fingerprint density at radius 3 is 2.77 bits per heavy atom. The van der Waals surface area contributed by atoms with Crippen molar-refractivity contribution in [3.8, 4) is 0 Å². The molecule has 3 rings (SSSR count). The summed E-state index contributed by atoms with van der Waals surface area (Å²) in [5, 5.41) is 2.50. The fourth-order valence-electron chi connectivity index (χ4n) is 2.81. The Bertz CT molecular complexity index is 892. The van der Waals surface area contributed by atoms with Crippen LogP contribution >= 0.6 is 0 Å². The van der Waals surface area contributed by atoms with E-state index in [1.165, 1.54) is 6.07 Å². The molecule has 138 valence electrons. The molecule has 3 N–H and O–H groups in total. The van der Waals surface area contributed by atoms with Crippen molar-refractivity contribution in [1.82, 2.24) is 4.98 Å². The Hall–Kier alpha value is -2.84. The summed E-state index contributed by atoms with van der Waals surface area (Å²) in [7, 11) is 0. The predicted molar refractivity (Wildman–Crippen MR) is 88.9 cm³/mol. The Balaban J connectivity index is 1.92. The molecule has 6 nitrogen and oxygen atoms in total. The van der Waals surface area contributed by atoms with Gasteiger partial charge in [0, 0.05) is 31.0 Å². The Morgan fingerprint density at radius 2 is 2.12 bits per heavy atom. The molecule has 2 aromatic rings. The maximum Gasteiger partial charge on any atom is 0.277 e. The summed E-state index contributed by atoms with van der Waals surface area (Å²) in [4.78, 5) is 20.0. The maximum absolute atomic E-state index is 14.2. The van der Waals surface area contributed by atoms with E-state index in [4.69, 9.17) is 10.2 Å². The topological polar surface area (TPSA) is 93.5 Å². The van der Waals surface area contributed by atoms with Crippen LogP contribution in [0, 0.1) is 19.7 Å². The van der Waals surface area contributed by atoms with Crippen molar-refractivity contribution in [3.05, 3.63) is 46.9 Å². The molecular formula is C17H17F3N4O2. The average molecular weight is 366 g/mol. The molecule has 1 aromatic heterocycles. The summed E-state index contributed by atoms with van der Waals surface area (Å²) >= 11 is 0. The monoisotopic (exact) mass is 366 g/mol. The minimum absolute atomic E-state index is 0.0449. The van der Waals surface area contributed by atoms with Crippen molar-refractivity contribution in [2.24, 2.45) is 10.7 Å². The average Bonchev–Trinajstić information content (AvgIpc) is 2.90. The molecule has 1 aliphatic rings. The van der Waals surface area contributed by atoms with Crippen molar-refractivity contribution >= 4 is 17.4 Å². The fraction of sp³-hybridized carbons (Fsp3) is 0.353. The van der Waals surface area contributed by atoms with Crippen LogP contribution in [0.1, 0.15) is 46.6 Å². The van der Waals surface area contributed by atoms with Crippen LogP contribution in [0.25, 0.3) is 0 Å². The molecule has 1 aliphatic heterocycles. The number of hydrogen-bond acceptors (Lipinski definition) is 5. The lowest BCUT2D eigenvalue weighted by Gasteiger charge is -2.29. The minimum Gasteiger partial charge on any atom is -0.445 e. The summed E-state index contributed by atoms with van der Waals surface area (Å²) in [5.41, 5.74) is 5.43. The van der Waals surface area contributed by atoms with Gasteiger partial charge in [-0.2, -0.15) is 0 Å². The molecule has 0 bridgehead atoms. The smallest absolute Gasteiger partial charge is 0.277 e. The lowest BCUT2D eigenvalue weighted by atomic mass is 9.94. The molecule has 2 heterocycles. The number of nitrogens with zero attached hydrogens (tertiary/aromatic N) is 2. The van der Waals surface area contributed by atoms with Crippen LogP contribution < -0.4 is 11.1 Å². The van der Waals surface area contributed by atoms with E-state index in [9.17, 15) is 18.0 Å². The van der Waals surface area contributed by atoms with Crippen molar-refractivity contribution < 1.29 is 22.4 Å². The van der Waals surface area contributed by atoms with Crippen molar-refractivity contribution in [2.75, 3.05) is 5.32 Å². The third kappa shape index (κ3) is 3.42. The van der Waals surface area contributed by atoms with Crippen LogP contribution in [0.15, 0.2) is 27.6 Å². The number of hydrogen-bond donors (Lipinski definition) is 2. The molecule has 1 unspecified atom stereocenters. The quantitative estimate of drug-likeness (QED) is 0.869. The zero-order valence-corrected chi connectivity index (χ0v) is 14.1. The van der Waals surface area contributed by atoms with Crippen LogP contribution in [-0.4, -0.2) is 22.6 Å². The molecule has 0 radical (unpaired) electrons. The van der Waals surface area contributed by atoms with Crippen LogP contribution in [-0.2, 0) is 0 Å². The molecular weight excluding hydrogens is 349 g/mol. The van der Waals surface area contributed by atoms with Gasteiger partial charge in [0.15, 0.2) is 11.6 Å². The molecule has 26 heavy (non-hydrogen) atoms. The molecule has 0 fully saturated rings. The van der Waals surface area contributed by atoms with Crippen LogP contribution in [0.5, 0.6) is 0 Å². The van der Waals surface area contributed by atoms with Gasteiger partial charge in [-0.25, -0.2) is 18.2 Å². The SMILES string of the molecule is Cc1nc(C(=O)Nc2ccc(F)c(C3N=C(N)CCC3(F)F)c2)c(C)o1. The predicted octanol–water partition coefficient (Wildman–Crippen LogP) is 3.51. The second-order valence-corrected chi connectivity index (χ2v) is 6.11. The molecule has 1 atom stereocenters. The molecule has 1 aromatic carbocycles. The molecule has 9 heteroatoms. The highest BCUT2D eigenvalue weighted by Crippen LogP contribution is 2.42. The van der Waals surface area contributed by atoms with Gasteiger partial charge in [-0.3, -0.25) is 9.79 Å². The zero-order chi connectivity index (χ0) is 19.1. The minimum atomic E-state index is -3.23. The standard InChI is InChI=1S/C17H17F3N4O2/c1-8-14(22-9(2)26-8)16(25)23-10-3-4-12(18)11(7-10)15-17(19,20)6-5-13(21)24-15/h3-4,7,15H,5-6H2,1-2H3,(H2,21,24)(H,23,25). The van der Waals surface area contributed by atoms with E-state index >= 15 is 0 Å². The van der Waals surface area contributed by atoms with Crippen LogP contribution in [0.2, 0.25) is 0 Å². The van der Waals surface area contributed by atoms with Crippen LogP contribution in [0.3, 0.4) is 0 Å². The van der Waals surface area contributed by atoms with Crippen molar-refractivity contribution in [2.45, 2.75) is 38.7 Å². The van der Waals surface area contributed by atoms with Crippen molar-refractivity contribution in [3.63, 3.8) is 0 Å². The van der Waals surface area contributed by atoms with Gasteiger partial charge < -0.3 is 15.5 Å². The number of rotatable bonds is 3. The number of aromatic nitrogens is 1. The third-order valence-corrected chi connectivity index (χ3v) is 4.08. The number of oxazole rings is 1. The summed E-state index contributed by atoms with van der Waals surface area (Å²) in [6.07, 6.45) is -0.563. The number of alkyl halides is 2. The van der Waals surface area contributed by atoms with E-state index in [2.05, 4.69) is 15.3 Å². The number of amides is 1. The van der Waals surface area contributed by atoms with E-state index in [0.717, 1.165) is 12.1 Å². The number of carbonyl (C=O) groups is 1. The first kappa shape index (κ1) is 18.0. The first-order valence-corrected chi connectivity index (χ1v) is 7.92. The normalized spacial score (nSPS) is 19.1. The van der Waals surface area contributed by atoms with Gasteiger partial charge in [-0.1, -0.05) is 0 Å². The van der Waals surface area contributed by atoms with Gasteiger partial charge >= 0.3 is 0 Å². The largest absolute Gasteiger partial charge is 0.445 e. The second-order valence-electron chi connectivity index (χ2n) is 6.11. The molecule has 0 saturated heterocycles. The summed E-state index contributed by atoms with van der Waals surface area (Å²) in [6, 6.07) is 1.68. The van der Waals surface area contributed by atoms with Gasteiger partial charge in [0.25, 0.3) is 11.8 Å². The van der Waals surface area contributed by atoms with E-state index in [1.54, 1.807) is 13.8 Å². The zero-order valence-electron chi connectivity index (χ0n) is 14.1. The first-order valence-electron chi connectivity index (χ1n) is 7.92. The second kappa shape index (κ2) is 6.47. The summed E-state index contributed by atoms with van der Waals surface area (Å²) in [5.74, 6) is -3.98. The Morgan fingerprint density at radius 1 is 1.38 bits per heavy atom. The number of amidine groups is 1. The van der Waals surface area contributed by atoms with Gasteiger partial charge in [0.05, 0.1) is 5.84 Å². The lowest BCUT2D eigenvalue weighted by molar-refractivity contribution is -0.0370. The summed E-state index contributed by atoms with van der Waals surface area (Å²) in [6.45, 7) is 3.17. The first-order chi connectivity index (χ1) is 12.2. The number of aliphatic imine (C=N–C) groups is 1. The molecule has 0 spiro atoms. The van der Waals surface area contributed by atoms with Crippen molar-refractivity contribution in [1.29, 1.82) is 0 Å². The van der Waals surface area contributed by atoms with Gasteiger partial charge in [-0.05, 0) is 25.1 Å². The van der Waals surface area contributed by atoms with E-state index in [-0.39, 0.29) is 29.2 Å². The van der Waals surface area contributed by atoms with E-state index < -0.39 is 30.1 Å². The number of benzene rings is 1. The maximum atomic E-state index is 14.2. The van der Waals surface area contributed by atoms with Crippen LogP contribution in [0.4, 0.5) is 18.9 Å². The number of halogens is 3. The van der Waals surface area contributed by atoms with Gasteiger partial charge in [0.2, 0.25) is 0 Å². The highest BCUT2D eigenvalue weighted by Gasteiger charge is 2.44. The molecule has 0 saturated carbocycles. The molecule has 1 amide bonds. The highest BCUT2D eigenvalue weighted by molar-refractivity contribution is 6.03. The number of nitrogens with two attached hydrogens (primary N) is 1. The van der Waals surface area contributed by atoms with Gasteiger partial charge in [0.1, 0.15) is 17.6 Å².